The summed E-state index contributed by atoms with van der Waals surface area (Å²) in [4.78, 5) is 31.9. The fourth-order valence-corrected chi connectivity index (χ4v) is 4.55. The molecule has 1 atom stereocenters. The number of rotatable bonds is 15. The monoisotopic (exact) mass is 519 g/mol. The lowest BCUT2D eigenvalue weighted by Gasteiger charge is -2.24. The van der Waals surface area contributed by atoms with Gasteiger partial charge in [0.1, 0.15) is 17.7 Å². The van der Waals surface area contributed by atoms with Gasteiger partial charge in [-0.3, -0.25) is 9.97 Å². The lowest BCUT2D eigenvalue weighted by Crippen LogP contribution is -2.37. The molecule has 3 aromatic heterocycles. The molecular formula is C28H37N7O3. The summed E-state index contributed by atoms with van der Waals surface area (Å²) in [5.74, 6) is 0.556. The van der Waals surface area contributed by atoms with Gasteiger partial charge in [-0.05, 0) is 68.8 Å². The van der Waals surface area contributed by atoms with Crippen molar-refractivity contribution in [3.63, 3.8) is 0 Å². The number of aryl methyl sites for hydroxylation is 2. The molecule has 3 N–H and O–H groups in total. The van der Waals surface area contributed by atoms with Gasteiger partial charge in [-0.25, -0.2) is 14.8 Å². The van der Waals surface area contributed by atoms with Gasteiger partial charge in [-0.1, -0.05) is 6.07 Å². The second-order valence-corrected chi connectivity index (χ2v) is 9.48. The average Bonchev–Trinajstić information content (AvgIpc) is 2.96. The largest absolute Gasteiger partial charge is 0.480 e. The standard InChI is InChI=1S/C28H37N7O3/c1-38-18-17-35(15-3-2-6-23-8-7-22-5-4-12-31-27(22)32-23)16-11-24(28(36)37)33-26-20-30-19-25(34-26)21-9-13-29-14-10-21/h7-10,13-14,19-20,24H,2-6,11-12,15-18H2,1H3,(H,31,32)(H,33,34)(H,36,37). The van der Waals surface area contributed by atoms with Gasteiger partial charge in [0, 0.05) is 50.4 Å². The Kier molecular flexibility index (Phi) is 10.3. The highest BCUT2D eigenvalue weighted by Crippen LogP contribution is 2.20. The van der Waals surface area contributed by atoms with Crippen molar-refractivity contribution in [2.75, 3.05) is 50.5 Å². The molecule has 0 saturated heterocycles. The molecule has 1 aliphatic heterocycles. The molecule has 10 heteroatoms. The van der Waals surface area contributed by atoms with Gasteiger partial charge < -0.3 is 25.4 Å². The van der Waals surface area contributed by atoms with Crippen LogP contribution >= 0.6 is 0 Å². The lowest BCUT2D eigenvalue weighted by molar-refractivity contribution is -0.138. The van der Waals surface area contributed by atoms with Crippen LogP contribution in [0.3, 0.4) is 0 Å². The molecule has 0 bridgehead atoms. The molecule has 4 heterocycles. The Morgan fingerprint density at radius 2 is 1.97 bits per heavy atom. The zero-order valence-corrected chi connectivity index (χ0v) is 22.0. The first-order valence-electron chi connectivity index (χ1n) is 13.3. The van der Waals surface area contributed by atoms with E-state index in [4.69, 9.17) is 9.72 Å². The number of pyridine rings is 2. The maximum atomic E-state index is 12.0. The summed E-state index contributed by atoms with van der Waals surface area (Å²) < 4.78 is 5.29. The van der Waals surface area contributed by atoms with E-state index in [1.54, 1.807) is 31.9 Å². The van der Waals surface area contributed by atoms with Crippen LogP contribution in [0.15, 0.2) is 49.1 Å². The first-order valence-corrected chi connectivity index (χ1v) is 13.3. The van der Waals surface area contributed by atoms with Gasteiger partial charge in [0.15, 0.2) is 0 Å². The molecule has 38 heavy (non-hydrogen) atoms. The molecule has 4 rings (SSSR count). The minimum Gasteiger partial charge on any atom is -0.480 e. The van der Waals surface area contributed by atoms with E-state index in [9.17, 15) is 9.90 Å². The predicted molar refractivity (Wildman–Crippen MR) is 147 cm³/mol. The number of nitrogens with zero attached hydrogens (tertiary/aromatic N) is 5. The normalized spacial score (nSPS) is 13.5. The third-order valence-electron chi connectivity index (χ3n) is 6.69. The van der Waals surface area contributed by atoms with Crippen molar-refractivity contribution in [2.45, 2.75) is 44.6 Å². The van der Waals surface area contributed by atoms with Crippen LogP contribution in [0.5, 0.6) is 0 Å². The molecule has 1 unspecified atom stereocenters. The van der Waals surface area contributed by atoms with Crippen LogP contribution in [0, 0.1) is 0 Å². The Morgan fingerprint density at radius 3 is 2.79 bits per heavy atom. The SMILES string of the molecule is COCCN(CCCCc1ccc2c(n1)NCCC2)CCC(Nc1cncc(-c2ccncc2)n1)C(=O)O. The summed E-state index contributed by atoms with van der Waals surface area (Å²) in [6.07, 6.45) is 12.2. The fourth-order valence-electron chi connectivity index (χ4n) is 4.55. The summed E-state index contributed by atoms with van der Waals surface area (Å²) >= 11 is 0. The van der Waals surface area contributed by atoms with Crippen molar-refractivity contribution >= 4 is 17.6 Å². The van der Waals surface area contributed by atoms with Crippen molar-refractivity contribution < 1.29 is 14.6 Å². The van der Waals surface area contributed by atoms with E-state index in [1.807, 2.05) is 12.1 Å². The Morgan fingerprint density at radius 1 is 1.11 bits per heavy atom. The summed E-state index contributed by atoms with van der Waals surface area (Å²) in [5.41, 5.74) is 3.96. The number of hydrogen-bond donors (Lipinski definition) is 3. The van der Waals surface area contributed by atoms with Crippen LogP contribution in [0.2, 0.25) is 0 Å². The number of nitrogens with one attached hydrogen (secondary N) is 2. The molecule has 10 nitrogen and oxygen atoms in total. The fraction of sp³-hybridized carbons (Fsp3) is 0.464. The molecule has 202 valence electrons. The second kappa shape index (κ2) is 14.3. The van der Waals surface area contributed by atoms with Gasteiger partial charge >= 0.3 is 5.97 Å². The molecule has 0 radical (unpaired) electrons. The maximum absolute atomic E-state index is 12.0. The minimum atomic E-state index is -0.917. The number of carbonyl (C=O) groups is 1. The summed E-state index contributed by atoms with van der Waals surface area (Å²) in [6.45, 7) is 3.85. The molecule has 3 aromatic rings. The van der Waals surface area contributed by atoms with Crippen molar-refractivity contribution in [1.82, 2.24) is 24.8 Å². The summed E-state index contributed by atoms with van der Waals surface area (Å²) in [7, 11) is 1.68. The number of carboxylic acids is 1. The molecule has 0 aromatic carbocycles. The molecular weight excluding hydrogens is 482 g/mol. The smallest absolute Gasteiger partial charge is 0.326 e. The van der Waals surface area contributed by atoms with E-state index < -0.39 is 12.0 Å². The third kappa shape index (κ3) is 8.19. The molecule has 0 saturated carbocycles. The molecule has 1 aliphatic rings. The second-order valence-electron chi connectivity index (χ2n) is 9.48. The molecule has 0 amide bonds. The number of anilines is 2. The molecule has 0 spiro atoms. The third-order valence-corrected chi connectivity index (χ3v) is 6.69. The van der Waals surface area contributed by atoms with Crippen LogP contribution in [0.4, 0.5) is 11.6 Å². The Hall–Kier alpha value is -3.63. The number of hydrogen-bond acceptors (Lipinski definition) is 9. The van der Waals surface area contributed by atoms with E-state index in [1.165, 1.54) is 5.56 Å². The first kappa shape index (κ1) is 27.4. The van der Waals surface area contributed by atoms with Crippen LogP contribution in [-0.2, 0) is 22.4 Å². The minimum absolute atomic E-state index is 0.429. The van der Waals surface area contributed by atoms with E-state index in [0.29, 0.717) is 31.1 Å². The number of carboxylic acid groups (broad SMARTS) is 1. The van der Waals surface area contributed by atoms with Gasteiger partial charge in [-0.15, -0.1) is 0 Å². The number of aromatic nitrogens is 4. The van der Waals surface area contributed by atoms with Gasteiger partial charge in [0.2, 0.25) is 0 Å². The van der Waals surface area contributed by atoms with E-state index >= 15 is 0 Å². The zero-order chi connectivity index (χ0) is 26.6. The topological polar surface area (TPSA) is 125 Å². The van der Waals surface area contributed by atoms with Crippen molar-refractivity contribution in [1.29, 1.82) is 0 Å². The van der Waals surface area contributed by atoms with Crippen molar-refractivity contribution in [2.24, 2.45) is 0 Å². The first-order chi connectivity index (χ1) is 18.6. The molecule has 0 aliphatic carbocycles. The number of aliphatic carboxylic acids is 1. The van der Waals surface area contributed by atoms with E-state index in [-0.39, 0.29) is 0 Å². The lowest BCUT2D eigenvalue weighted by atomic mass is 10.1. The van der Waals surface area contributed by atoms with E-state index in [0.717, 1.165) is 68.8 Å². The quantitative estimate of drug-likeness (QED) is 0.257. The highest BCUT2D eigenvalue weighted by Gasteiger charge is 2.20. The predicted octanol–water partition coefficient (Wildman–Crippen LogP) is 3.52. The van der Waals surface area contributed by atoms with Crippen LogP contribution in [-0.4, -0.2) is 81.8 Å². The van der Waals surface area contributed by atoms with Crippen LogP contribution in [0.1, 0.15) is 36.9 Å². The highest BCUT2D eigenvalue weighted by molar-refractivity contribution is 5.77. The average molecular weight is 520 g/mol. The zero-order valence-electron chi connectivity index (χ0n) is 22.0. The number of unbranched alkanes of at least 4 members (excludes halogenated alkanes) is 1. The Bertz CT molecular complexity index is 1160. The van der Waals surface area contributed by atoms with Crippen LogP contribution in [0.25, 0.3) is 11.3 Å². The van der Waals surface area contributed by atoms with E-state index in [2.05, 4.69) is 42.6 Å². The van der Waals surface area contributed by atoms with Gasteiger partial charge in [-0.2, -0.15) is 0 Å². The summed E-state index contributed by atoms with van der Waals surface area (Å²) in [6, 6.07) is 7.24. The van der Waals surface area contributed by atoms with Crippen molar-refractivity contribution in [3.8, 4) is 11.3 Å². The van der Waals surface area contributed by atoms with Crippen molar-refractivity contribution in [3.05, 3.63) is 60.3 Å². The maximum Gasteiger partial charge on any atom is 0.326 e. The highest BCUT2D eigenvalue weighted by atomic mass is 16.5. The number of ether oxygens (including phenoxy) is 1. The Balaban J connectivity index is 1.28. The van der Waals surface area contributed by atoms with Gasteiger partial charge in [0.05, 0.1) is 24.7 Å². The number of fused-ring (bicyclic) bond motifs is 1. The summed E-state index contributed by atoms with van der Waals surface area (Å²) in [5, 5.41) is 16.3. The molecule has 0 fully saturated rings. The Labute approximate surface area is 223 Å². The van der Waals surface area contributed by atoms with Gasteiger partial charge in [0.25, 0.3) is 0 Å². The van der Waals surface area contributed by atoms with Crippen LogP contribution < -0.4 is 10.6 Å². The number of methoxy groups -OCH3 is 1.